The molecule has 0 saturated heterocycles. The van der Waals surface area contributed by atoms with Gasteiger partial charge in [0, 0.05) is 0 Å². The molecule has 0 aliphatic heterocycles. The number of rotatable bonds is 5. The molecule has 82 valence electrons. The van der Waals surface area contributed by atoms with Gasteiger partial charge in [0.1, 0.15) is 0 Å². The van der Waals surface area contributed by atoms with Crippen LogP contribution in [0.15, 0.2) is 24.3 Å². The smallest absolute Gasteiger partial charge is 0.306 e. The van der Waals surface area contributed by atoms with E-state index in [1.54, 1.807) is 6.92 Å². The molecule has 0 amide bonds. The highest BCUT2D eigenvalue weighted by molar-refractivity contribution is 5.69. The van der Waals surface area contributed by atoms with Gasteiger partial charge in [-0.15, -0.1) is 0 Å². The van der Waals surface area contributed by atoms with Crippen molar-refractivity contribution in [2.24, 2.45) is 5.92 Å². The first-order chi connectivity index (χ1) is 7.09. The van der Waals surface area contributed by atoms with Gasteiger partial charge >= 0.3 is 5.97 Å². The van der Waals surface area contributed by atoms with Crippen LogP contribution in [0.3, 0.4) is 0 Å². The van der Waals surface area contributed by atoms with E-state index < -0.39 is 5.97 Å². The summed E-state index contributed by atoms with van der Waals surface area (Å²) in [5.41, 5.74) is 2.56. The van der Waals surface area contributed by atoms with Crippen molar-refractivity contribution in [3.05, 3.63) is 35.4 Å². The van der Waals surface area contributed by atoms with Gasteiger partial charge in [0.2, 0.25) is 0 Å². The molecule has 1 aromatic carbocycles. The summed E-state index contributed by atoms with van der Waals surface area (Å²) in [7, 11) is 0. The Morgan fingerprint density at radius 1 is 1.47 bits per heavy atom. The van der Waals surface area contributed by atoms with Gasteiger partial charge in [-0.05, 0) is 31.7 Å². The lowest BCUT2D eigenvalue weighted by atomic mass is 10.0. The Hall–Kier alpha value is -1.31. The van der Waals surface area contributed by atoms with E-state index in [9.17, 15) is 4.79 Å². The van der Waals surface area contributed by atoms with Gasteiger partial charge in [0.15, 0.2) is 0 Å². The van der Waals surface area contributed by atoms with Gasteiger partial charge in [0.05, 0.1) is 5.92 Å². The Morgan fingerprint density at radius 2 is 2.20 bits per heavy atom. The summed E-state index contributed by atoms with van der Waals surface area (Å²) in [6.45, 7) is 3.84. The first-order valence-corrected chi connectivity index (χ1v) is 5.38. The second-order valence-electron chi connectivity index (χ2n) is 4.12. The van der Waals surface area contributed by atoms with E-state index in [1.165, 1.54) is 11.1 Å². The fourth-order valence-electron chi connectivity index (χ4n) is 1.60. The van der Waals surface area contributed by atoms with Gasteiger partial charge in [0.25, 0.3) is 0 Å². The summed E-state index contributed by atoms with van der Waals surface area (Å²) in [5, 5.41) is 8.72. The van der Waals surface area contributed by atoms with Crippen LogP contribution in [0.1, 0.15) is 30.9 Å². The second kappa shape index (κ2) is 5.54. The third kappa shape index (κ3) is 4.15. The third-order valence-corrected chi connectivity index (χ3v) is 2.61. The van der Waals surface area contributed by atoms with E-state index in [0.717, 1.165) is 19.3 Å². The summed E-state index contributed by atoms with van der Waals surface area (Å²) >= 11 is 0. The van der Waals surface area contributed by atoms with Crippen molar-refractivity contribution < 1.29 is 9.90 Å². The predicted molar refractivity (Wildman–Crippen MR) is 60.9 cm³/mol. The number of carboxylic acids is 1. The average molecular weight is 206 g/mol. The molecule has 0 radical (unpaired) electrons. The van der Waals surface area contributed by atoms with Crippen LogP contribution in [0.2, 0.25) is 0 Å². The van der Waals surface area contributed by atoms with Crippen molar-refractivity contribution >= 4 is 5.97 Å². The van der Waals surface area contributed by atoms with Crippen LogP contribution < -0.4 is 0 Å². The minimum Gasteiger partial charge on any atom is -0.481 e. The minimum absolute atomic E-state index is 0.227. The van der Waals surface area contributed by atoms with Crippen molar-refractivity contribution in [2.45, 2.75) is 33.1 Å². The largest absolute Gasteiger partial charge is 0.481 e. The molecule has 0 aliphatic rings. The topological polar surface area (TPSA) is 37.3 Å². The molecule has 1 N–H and O–H groups in total. The highest BCUT2D eigenvalue weighted by atomic mass is 16.4. The number of hydrogen-bond donors (Lipinski definition) is 1. The van der Waals surface area contributed by atoms with E-state index in [4.69, 9.17) is 5.11 Å². The molecule has 2 nitrogen and oxygen atoms in total. The quantitative estimate of drug-likeness (QED) is 0.804. The molecule has 1 rings (SSSR count). The first-order valence-electron chi connectivity index (χ1n) is 5.38. The van der Waals surface area contributed by atoms with Crippen molar-refractivity contribution in [3.63, 3.8) is 0 Å². The van der Waals surface area contributed by atoms with Crippen molar-refractivity contribution in [3.8, 4) is 0 Å². The van der Waals surface area contributed by atoms with Crippen LogP contribution in [0.25, 0.3) is 0 Å². The molecule has 15 heavy (non-hydrogen) atoms. The second-order valence-corrected chi connectivity index (χ2v) is 4.12. The number of benzene rings is 1. The van der Waals surface area contributed by atoms with Gasteiger partial charge < -0.3 is 5.11 Å². The Morgan fingerprint density at radius 3 is 2.80 bits per heavy atom. The molecule has 0 bridgehead atoms. The maximum absolute atomic E-state index is 10.6. The van der Waals surface area contributed by atoms with Gasteiger partial charge in [-0.2, -0.15) is 0 Å². The summed E-state index contributed by atoms with van der Waals surface area (Å²) in [6.07, 6.45) is 2.67. The van der Waals surface area contributed by atoms with Crippen molar-refractivity contribution in [1.29, 1.82) is 0 Å². The van der Waals surface area contributed by atoms with E-state index >= 15 is 0 Å². The first kappa shape index (κ1) is 11.8. The lowest BCUT2D eigenvalue weighted by molar-refractivity contribution is -0.141. The minimum atomic E-state index is -0.695. The zero-order valence-electron chi connectivity index (χ0n) is 9.36. The Labute approximate surface area is 90.9 Å². The Bertz CT molecular complexity index is 331. The number of carboxylic acid groups (broad SMARTS) is 1. The van der Waals surface area contributed by atoms with Crippen LogP contribution in [0.5, 0.6) is 0 Å². The van der Waals surface area contributed by atoms with E-state index in [0.29, 0.717) is 0 Å². The van der Waals surface area contributed by atoms with Crippen LogP contribution in [0, 0.1) is 12.8 Å². The van der Waals surface area contributed by atoms with Crippen LogP contribution in [0.4, 0.5) is 0 Å². The highest BCUT2D eigenvalue weighted by Crippen LogP contribution is 2.11. The predicted octanol–water partition coefficient (Wildman–Crippen LogP) is 3.04. The van der Waals surface area contributed by atoms with E-state index in [-0.39, 0.29) is 5.92 Å². The molecule has 0 aromatic heterocycles. The molecule has 1 aromatic rings. The fourth-order valence-corrected chi connectivity index (χ4v) is 1.60. The molecule has 0 spiro atoms. The van der Waals surface area contributed by atoms with E-state index in [2.05, 4.69) is 25.1 Å². The molecule has 1 unspecified atom stereocenters. The number of hydrogen-bond acceptors (Lipinski definition) is 1. The van der Waals surface area contributed by atoms with Gasteiger partial charge in [-0.3, -0.25) is 4.79 Å². The molecule has 0 fully saturated rings. The maximum Gasteiger partial charge on any atom is 0.306 e. The maximum atomic E-state index is 10.6. The summed E-state index contributed by atoms with van der Waals surface area (Å²) in [5.74, 6) is -0.922. The zero-order chi connectivity index (χ0) is 11.3. The van der Waals surface area contributed by atoms with Crippen molar-refractivity contribution in [1.82, 2.24) is 0 Å². The standard InChI is InChI=1S/C13H18O2/c1-10-5-3-7-12(9-10)8-4-6-11(2)13(14)15/h3,5,7,9,11H,4,6,8H2,1-2H3,(H,14,15). The third-order valence-electron chi connectivity index (χ3n) is 2.61. The number of carbonyl (C=O) groups is 1. The molecule has 0 saturated carbocycles. The highest BCUT2D eigenvalue weighted by Gasteiger charge is 2.09. The average Bonchev–Trinajstić information content (AvgIpc) is 2.17. The summed E-state index contributed by atoms with van der Waals surface area (Å²) in [4.78, 5) is 10.6. The summed E-state index contributed by atoms with van der Waals surface area (Å²) in [6, 6.07) is 8.37. The molecule has 2 heteroatoms. The summed E-state index contributed by atoms with van der Waals surface area (Å²) < 4.78 is 0. The van der Waals surface area contributed by atoms with Gasteiger partial charge in [-0.1, -0.05) is 36.8 Å². The van der Waals surface area contributed by atoms with Crippen molar-refractivity contribution in [2.75, 3.05) is 0 Å². The van der Waals surface area contributed by atoms with Gasteiger partial charge in [-0.25, -0.2) is 0 Å². The lowest BCUT2D eigenvalue weighted by Crippen LogP contribution is -2.09. The van der Waals surface area contributed by atoms with Crippen LogP contribution >= 0.6 is 0 Å². The Balaban J connectivity index is 2.35. The lowest BCUT2D eigenvalue weighted by Gasteiger charge is -2.06. The van der Waals surface area contributed by atoms with Crippen LogP contribution in [-0.2, 0) is 11.2 Å². The number of aliphatic carboxylic acids is 1. The fraction of sp³-hybridized carbons (Fsp3) is 0.462. The molecular formula is C13H18O2. The molecular weight excluding hydrogens is 188 g/mol. The zero-order valence-corrected chi connectivity index (χ0v) is 9.36. The Kier molecular flexibility index (Phi) is 4.35. The molecule has 0 heterocycles. The monoisotopic (exact) mass is 206 g/mol. The van der Waals surface area contributed by atoms with Crippen LogP contribution in [-0.4, -0.2) is 11.1 Å². The normalized spacial score (nSPS) is 12.4. The number of aryl methyl sites for hydroxylation is 2. The van der Waals surface area contributed by atoms with E-state index in [1.807, 2.05) is 6.07 Å². The molecule has 0 aliphatic carbocycles. The SMILES string of the molecule is Cc1cccc(CCCC(C)C(=O)O)c1. The molecule has 1 atom stereocenters.